The van der Waals surface area contributed by atoms with Gasteiger partial charge in [-0.15, -0.1) is 23.1 Å². The molecular weight excluding hydrogens is 296 g/mol. The van der Waals surface area contributed by atoms with Crippen molar-refractivity contribution in [3.05, 3.63) is 52.5 Å². The van der Waals surface area contributed by atoms with E-state index < -0.39 is 0 Å². The van der Waals surface area contributed by atoms with Crippen LogP contribution in [0.3, 0.4) is 0 Å². The number of para-hydroxylation sites is 1. The van der Waals surface area contributed by atoms with Crippen molar-refractivity contribution in [2.24, 2.45) is 0 Å². The third kappa shape index (κ3) is 2.86. The van der Waals surface area contributed by atoms with Crippen LogP contribution in [0, 0.1) is 0 Å². The van der Waals surface area contributed by atoms with Crippen LogP contribution in [0.5, 0.6) is 0 Å². The summed E-state index contributed by atoms with van der Waals surface area (Å²) >= 11 is 9.46. The summed E-state index contributed by atoms with van der Waals surface area (Å²) in [4.78, 5) is 5.72. The van der Waals surface area contributed by atoms with Gasteiger partial charge in [0.05, 0.1) is 26.7 Å². The number of nitrogen functional groups attached to an aromatic ring is 1. The summed E-state index contributed by atoms with van der Waals surface area (Å²) < 4.78 is 1.23. The van der Waals surface area contributed by atoms with Gasteiger partial charge in [0.1, 0.15) is 5.01 Å². The zero-order valence-electron chi connectivity index (χ0n) is 9.97. The van der Waals surface area contributed by atoms with Gasteiger partial charge < -0.3 is 5.73 Å². The fraction of sp³-hybridized carbons (Fsp3) is 0.0714. The fourth-order valence-electron chi connectivity index (χ4n) is 1.72. The molecule has 19 heavy (non-hydrogen) atoms. The van der Waals surface area contributed by atoms with Crippen LogP contribution in [0.2, 0.25) is 5.02 Å². The van der Waals surface area contributed by atoms with Gasteiger partial charge in [-0.3, -0.25) is 0 Å². The van der Waals surface area contributed by atoms with Crippen molar-refractivity contribution in [1.82, 2.24) is 4.98 Å². The van der Waals surface area contributed by atoms with E-state index >= 15 is 0 Å². The second-order valence-corrected chi connectivity index (χ2v) is 6.62. The summed E-state index contributed by atoms with van der Waals surface area (Å²) in [5.41, 5.74) is 7.38. The van der Waals surface area contributed by atoms with Crippen LogP contribution >= 0.6 is 34.7 Å². The lowest BCUT2D eigenvalue weighted by atomic mass is 10.3. The number of halogens is 1. The molecule has 1 heterocycles. The first-order chi connectivity index (χ1) is 9.22. The van der Waals surface area contributed by atoms with Crippen LogP contribution in [0.15, 0.2) is 47.4 Å². The lowest BCUT2D eigenvalue weighted by Crippen LogP contribution is -1.86. The van der Waals surface area contributed by atoms with Gasteiger partial charge in [-0.25, -0.2) is 4.98 Å². The predicted molar refractivity (Wildman–Crippen MR) is 85.0 cm³/mol. The molecule has 5 heteroatoms. The monoisotopic (exact) mass is 306 g/mol. The molecule has 2 nitrogen and oxygen atoms in total. The van der Waals surface area contributed by atoms with Gasteiger partial charge >= 0.3 is 0 Å². The van der Waals surface area contributed by atoms with Crippen molar-refractivity contribution >= 4 is 50.6 Å². The Morgan fingerprint density at radius 1 is 1.21 bits per heavy atom. The van der Waals surface area contributed by atoms with E-state index in [1.165, 1.54) is 4.70 Å². The molecule has 0 aliphatic rings. The van der Waals surface area contributed by atoms with Gasteiger partial charge in [0.25, 0.3) is 0 Å². The first-order valence-corrected chi connectivity index (χ1v) is 7.92. The van der Waals surface area contributed by atoms with E-state index in [0.29, 0.717) is 10.7 Å². The molecule has 0 spiro atoms. The van der Waals surface area contributed by atoms with Gasteiger partial charge in [0.15, 0.2) is 0 Å². The van der Waals surface area contributed by atoms with Gasteiger partial charge in [-0.05, 0) is 30.3 Å². The molecule has 0 amide bonds. The molecule has 3 rings (SSSR count). The van der Waals surface area contributed by atoms with E-state index in [-0.39, 0.29) is 0 Å². The average Bonchev–Trinajstić information content (AvgIpc) is 2.83. The maximum Gasteiger partial charge on any atom is 0.104 e. The van der Waals surface area contributed by atoms with Crippen molar-refractivity contribution in [1.29, 1.82) is 0 Å². The van der Waals surface area contributed by atoms with Gasteiger partial charge in [0.2, 0.25) is 0 Å². The smallest absolute Gasteiger partial charge is 0.104 e. The highest BCUT2D eigenvalue weighted by Crippen LogP contribution is 2.31. The van der Waals surface area contributed by atoms with Gasteiger partial charge in [0, 0.05) is 4.90 Å². The average molecular weight is 307 g/mol. The van der Waals surface area contributed by atoms with Crippen LogP contribution in [-0.2, 0) is 5.75 Å². The van der Waals surface area contributed by atoms with Crippen molar-refractivity contribution < 1.29 is 0 Å². The summed E-state index contributed by atoms with van der Waals surface area (Å²) in [5.74, 6) is 0.847. The number of nitrogens with zero attached hydrogens (tertiary/aromatic N) is 1. The van der Waals surface area contributed by atoms with E-state index in [1.807, 2.05) is 36.4 Å². The maximum absolute atomic E-state index is 6.01. The van der Waals surface area contributed by atoms with Gasteiger partial charge in [-0.1, -0.05) is 23.7 Å². The van der Waals surface area contributed by atoms with Crippen LogP contribution in [0.4, 0.5) is 5.69 Å². The Labute approximate surface area is 124 Å². The fourth-order valence-corrected chi connectivity index (χ4v) is 3.86. The highest BCUT2D eigenvalue weighted by Gasteiger charge is 2.05. The number of hydrogen-bond acceptors (Lipinski definition) is 4. The van der Waals surface area contributed by atoms with Crippen molar-refractivity contribution in [3.8, 4) is 0 Å². The molecule has 0 radical (unpaired) electrons. The maximum atomic E-state index is 6.01. The molecule has 0 bridgehead atoms. The molecule has 96 valence electrons. The molecule has 1 aromatic heterocycles. The van der Waals surface area contributed by atoms with Crippen molar-refractivity contribution in [2.75, 3.05) is 5.73 Å². The number of benzene rings is 2. The minimum atomic E-state index is 0.606. The topological polar surface area (TPSA) is 38.9 Å². The first-order valence-electron chi connectivity index (χ1n) is 5.74. The van der Waals surface area contributed by atoms with E-state index in [4.69, 9.17) is 17.3 Å². The molecular formula is C14H11ClN2S2. The molecule has 0 unspecified atom stereocenters. The lowest BCUT2D eigenvalue weighted by Gasteiger charge is -2.02. The van der Waals surface area contributed by atoms with Crippen molar-refractivity contribution in [2.45, 2.75) is 10.6 Å². The van der Waals surface area contributed by atoms with Crippen molar-refractivity contribution in [3.63, 3.8) is 0 Å². The highest BCUT2D eigenvalue weighted by atomic mass is 35.5. The third-order valence-electron chi connectivity index (χ3n) is 2.67. The Balaban J connectivity index is 1.76. The SMILES string of the molecule is Nc1ccc(SCc2nc3ccccc3s2)cc1Cl. The summed E-state index contributed by atoms with van der Waals surface area (Å²) in [6, 6.07) is 13.9. The van der Waals surface area contributed by atoms with E-state index in [1.54, 1.807) is 23.1 Å². The molecule has 2 N–H and O–H groups in total. The molecule has 0 aliphatic carbocycles. The molecule has 0 saturated heterocycles. The number of nitrogens with two attached hydrogens (primary N) is 1. The minimum absolute atomic E-state index is 0.606. The summed E-state index contributed by atoms with van der Waals surface area (Å²) in [5, 5.41) is 1.73. The standard InChI is InChI=1S/C14H11ClN2S2/c15-10-7-9(5-6-11(10)16)18-8-14-17-12-3-1-2-4-13(12)19-14/h1-7H,8,16H2. The van der Waals surface area contributed by atoms with E-state index in [2.05, 4.69) is 11.1 Å². The number of thioether (sulfide) groups is 1. The van der Waals surface area contributed by atoms with E-state index in [9.17, 15) is 0 Å². The van der Waals surface area contributed by atoms with Crippen LogP contribution in [0.1, 0.15) is 5.01 Å². The Morgan fingerprint density at radius 3 is 2.84 bits per heavy atom. The molecule has 0 atom stereocenters. The zero-order valence-corrected chi connectivity index (χ0v) is 12.4. The second kappa shape index (κ2) is 5.41. The number of hydrogen-bond donors (Lipinski definition) is 1. The lowest BCUT2D eigenvalue weighted by molar-refractivity contribution is 1.30. The minimum Gasteiger partial charge on any atom is -0.398 e. The van der Waals surface area contributed by atoms with Crippen LogP contribution < -0.4 is 5.73 Å². The Kier molecular flexibility index (Phi) is 3.64. The molecule has 2 aromatic carbocycles. The van der Waals surface area contributed by atoms with Crippen LogP contribution in [0.25, 0.3) is 10.2 Å². The molecule has 0 aliphatic heterocycles. The number of rotatable bonds is 3. The Hall–Kier alpha value is -1.23. The third-order valence-corrected chi connectivity index (χ3v) is 5.22. The first kappa shape index (κ1) is 12.8. The largest absolute Gasteiger partial charge is 0.398 e. The normalized spacial score (nSPS) is 11.0. The summed E-state index contributed by atoms with van der Waals surface area (Å²) in [6.07, 6.45) is 0. The number of thiazole rings is 1. The number of fused-ring (bicyclic) bond motifs is 1. The quantitative estimate of drug-likeness (QED) is 0.557. The highest BCUT2D eigenvalue weighted by molar-refractivity contribution is 7.98. The number of aromatic nitrogens is 1. The summed E-state index contributed by atoms with van der Waals surface area (Å²) in [6.45, 7) is 0. The Bertz CT molecular complexity index is 691. The molecule has 3 aromatic rings. The van der Waals surface area contributed by atoms with Gasteiger partial charge in [-0.2, -0.15) is 0 Å². The summed E-state index contributed by atoms with van der Waals surface area (Å²) in [7, 11) is 0. The van der Waals surface area contributed by atoms with Crippen LogP contribution in [-0.4, -0.2) is 4.98 Å². The predicted octanol–water partition coefficient (Wildman–Crippen LogP) is 4.82. The molecule has 0 saturated carbocycles. The Morgan fingerprint density at radius 2 is 2.05 bits per heavy atom. The van der Waals surface area contributed by atoms with E-state index in [0.717, 1.165) is 21.2 Å². The second-order valence-electron chi connectivity index (χ2n) is 4.05. The molecule has 0 fully saturated rings. The zero-order chi connectivity index (χ0) is 13.2. The number of anilines is 1.